The summed E-state index contributed by atoms with van der Waals surface area (Å²) in [5, 5.41) is 5.51. The standard InChI is InChI=1S/C10H17BN2O2/c11-7-10(15)12-6-5-9(14)13-8-3-1-2-4-8/h8H,1-7H2,(H,12,15)(H,13,14). The van der Waals surface area contributed by atoms with E-state index in [1.807, 2.05) is 0 Å². The Morgan fingerprint density at radius 1 is 1.20 bits per heavy atom. The van der Waals surface area contributed by atoms with Crippen LogP contribution in [0.4, 0.5) is 0 Å². The van der Waals surface area contributed by atoms with Crippen molar-refractivity contribution in [3.8, 4) is 0 Å². The second-order valence-corrected chi connectivity index (χ2v) is 3.85. The molecular weight excluding hydrogens is 191 g/mol. The molecule has 0 aromatic carbocycles. The second kappa shape index (κ2) is 6.48. The van der Waals surface area contributed by atoms with Crippen LogP contribution < -0.4 is 10.6 Å². The largest absolute Gasteiger partial charge is 0.356 e. The summed E-state index contributed by atoms with van der Waals surface area (Å²) in [5.74, 6) is -0.206. The van der Waals surface area contributed by atoms with Crippen LogP contribution in [-0.2, 0) is 9.59 Å². The van der Waals surface area contributed by atoms with Gasteiger partial charge in [-0.15, -0.1) is 0 Å². The molecule has 15 heavy (non-hydrogen) atoms. The summed E-state index contributed by atoms with van der Waals surface area (Å²) >= 11 is 0. The van der Waals surface area contributed by atoms with Crippen LogP contribution in [0.2, 0.25) is 6.32 Å². The smallest absolute Gasteiger partial charge is 0.221 e. The summed E-state index contributed by atoms with van der Waals surface area (Å²) < 4.78 is 0. The molecule has 82 valence electrons. The molecule has 1 fully saturated rings. The van der Waals surface area contributed by atoms with Crippen molar-refractivity contribution in [3.05, 3.63) is 0 Å². The number of hydrogen-bond acceptors (Lipinski definition) is 2. The predicted molar refractivity (Wildman–Crippen MR) is 58.6 cm³/mol. The fraction of sp³-hybridized carbons (Fsp3) is 0.800. The van der Waals surface area contributed by atoms with Crippen LogP contribution in [0.3, 0.4) is 0 Å². The van der Waals surface area contributed by atoms with Crippen molar-refractivity contribution in [1.29, 1.82) is 0 Å². The lowest BCUT2D eigenvalue weighted by Crippen LogP contribution is -2.35. The lowest BCUT2D eigenvalue weighted by molar-refractivity contribution is -0.122. The molecule has 1 saturated carbocycles. The molecule has 5 heteroatoms. The van der Waals surface area contributed by atoms with Gasteiger partial charge in [-0.2, -0.15) is 0 Å². The molecular formula is C10H17BN2O2. The topological polar surface area (TPSA) is 58.2 Å². The van der Waals surface area contributed by atoms with E-state index in [0.717, 1.165) is 12.8 Å². The highest BCUT2D eigenvalue weighted by atomic mass is 16.2. The first kappa shape index (κ1) is 12.1. The van der Waals surface area contributed by atoms with Gasteiger partial charge in [-0.1, -0.05) is 12.8 Å². The summed E-state index contributed by atoms with van der Waals surface area (Å²) in [6.45, 7) is 0.370. The lowest BCUT2D eigenvalue weighted by Gasteiger charge is -2.11. The minimum absolute atomic E-state index is 0.0132. The Hall–Kier alpha value is -0.995. The average molecular weight is 208 g/mol. The maximum absolute atomic E-state index is 11.4. The molecule has 0 atom stereocenters. The highest BCUT2D eigenvalue weighted by Crippen LogP contribution is 2.17. The molecule has 0 aromatic rings. The highest BCUT2D eigenvalue weighted by molar-refractivity contribution is 6.19. The van der Waals surface area contributed by atoms with Gasteiger partial charge >= 0.3 is 0 Å². The van der Waals surface area contributed by atoms with Gasteiger partial charge in [0.2, 0.25) is 11.8 Å². The third-order valence-electron chi connectivity index (χ3n) is 2.58. The molecule has 0 bridgehead atoms. The van der Waals surface area contributed by atoms with Gasteiger partial charge in [0.1, 0.15) is 0 Å². The Labute approximate surface area is 91.6 Å². The molecule has 2 amide bonds. The first-order valence-electron chi connectivity index (χ1n) is 5.48. The quantitative estimate of drug-likeness (QED) is 0.631. The van der Waals surface area contributed by atoms with E-state index in [1.54, 1.807) is 0 Å². The maximum Gasteiger partial charge on any atom is 0.221 e. The molecule has 1 rings (SSSR count). The van der Waals surface area contributed by atoms with E-state index in [9.17, 15) is 9.59 Å². The Bertz CT molecular complexity index is 227. The van der Waals surface area contributed by atoms with Crippen molar-refractivity contribution in [3.63, 3.8) is 0 Å². The van der Waals surface area contributed by atoms with E-state index >= 15 is 0 Å². The van der Waals surface area contributed by atoms with Crippen molar-refractivity contribution in [2.75, 3.05) is 6.54 Å². The monoisotopic (exact) mass is 208 g/mol. The summed E-state index contributed by atoms with van der Waals surface area (Å²) in [7, 11) is 5.11. The van der Waals surface area contributed by atoms with Gasteiger partial charge in [0, 0.05) is 19.0 Å². The van der Waals surface area contributed by atoms with Gasteiger partial charge in [-0.3, -0.25) is 9.59 Å². The van der Waals surface area contributed by atoms with Crippen molar-refractivity contribution in [2.24, 2.45) is 0 Å². The van der Waals surface area contributed by atoms with Gasteiger partial charge in [-0.25, -0.2) is 0 Å². The molecule has 0 heterocycles. The van der Waals surface area contributed by atoms with E-state index in [-0.39, 0.29) is 18.1 Å². The van der Waals surface area contributed by atoms with Crippen LogP contribution in [0.15, 0.2) is 0 Å². The average Bonchev–Trinajstić information content (AvgIpc) is 2.70. The number of rotatable bonds is 5. The highest BCUT2D eigenvalue weighted by Gasteiger charge is 2.16. The van der Waals surface area contributed by atoms with E-state index in [2.05, 4.69) is 10.6 Å². The Morgan fingerprint density at radius 2 is 1.87 bits per heavy atom. The van der Waals surface area contributed by atoms with Gasteiger partial charge in [-0.05, 0) is 19.2 Å². The number of hydrogen-bond donors (Lipinski definition) is 2. The number of carbonyl (C=O) groups is 2. The van der Waals surface area contributed by atoms with Crippen molar-refractivity contribution in [1.82, 2.24) is 10.6 Å². The zero-order chi connectivity index (χ0) is 11.1. The zero-order valence-electron chi connectivity index (χ0n) is 8.92. The fourth-order valence-corrected chi connectivity index (χ4v) is 1.76. The van der Waals surface area contributed by atoms with Crippen molar-refractivity contribution in [2.45, 2.75) is 44.5 Å². The van der Waals surface area contributed by atoms with E-state index in [1.165, 1.54) is 12.8 Å². The van der Waals surface area contributed by atoms with E-state index in [4.69, 9.17) is 7.85 Å². The second-order valence-electron chi connectivity index (χ2n) is 3.85. The first-order valence-corrected chi connectivity index (χ1v) is 5.48. The molecule has 1 aliphatic carbocycles. The van der Waals surface area contributed by atoms with Crippen LogP contribution in [0.1, 0.15) is 32.1 Å². The maximum atomic E-state index is 11.4. The Balaban J connectivity index is 2.05. The third-order valence-corrected chi connectivity index (χ3v) is 2.58. The van der Waals surface area contributed by atoms with Crippen molar-refractivity contribution < 1.29 is 9.59 Å². The fourth-order valence-electron chi connectivity index (χ4n) is 1.76. The molecule has 0 aliphatic heterocycles. The summed E-state index contributed by atoms with van der Waals surface area (Å²) in [4.78, 5) is 22.1. The van der Waals surface area contributed by atoms with Crippen LogP contribution in [0.5, 0.6) is 0 Å². The summed E-state index contributed by atoms with van der Waals surface area (Å²) in [5.41, 5.74) is 0. The Kier molecular flexibility index (Phi) is 5.22. The molecule has 0 unspecified atom stereocenters. The van der Waals surface area contributed by atoms with Crippen LogP contribution in [-0.4, -0.2) is 32.2 Å². The molecule has 2 N–H and O–H groups in total. The van der Waals surface area contributed by atoms with Crippen molar-refractivity contribution >= 4 is 19.7 Å². The van der Waals surface area contributed by atoms with Gasteiger partial charge < -0.3 is 10.6 Å². The zero-order valence-corrected chi connectivity index (χ0v) is 8.92. The predicted octanol–water partition coefficient (Wildman–Crippen LogP) is 0.138. The minimum atomic E-state index is -0.219. The summed E-state index contributed by atoms with van der Waals surface area (Å²) in [6, 6.07) is 0.350. The van der Waals surface area contributed by atoms with E-state index < -0.39 is 0 Å². The molecule has 1 aliphatic rings. The van der Waals surface area contributed by atoms with Gasteiger partial charge in [0.05, 0.1) is 7.85 Å². The van der Waals surface area contributed by atoms with E-state index in [0.29, 0.717) is 19.0 Å². The normalized spacial score (nSPS) is 16.3. The number of carbonyl (C=O) groups excluding carboxylic acids is 2. The SMILES string of the molecule is [B]CC(=O)NCCC(=O)NC1CCCC1. The first-order chi connectivity index (χ1) is 7.22. The van der Waals surface area contributed by atoms with Crippen LogP contribution in [0.25, 0.3) is 0 Å². The molecule has 0 saturated heterocycles. The van der Waals surface area contributed by atoms with Gasteiger partial charge in [0.25, 0.3) is 0 Å². The van der Waals surface area contributed by atoms with Crippen LogP contribution >= 0.6 is 0 Å². The molecule has 0 spiro atoms. The summed E-state index contributed by atoms with van der Waals surface area (Å²) in [6.07, 6.45) is 4.89. The molecule has 2 radical (unpaired) electrons. The lowest BCUT2D eigenvalue weighted by atomic mass is 10.1. The number of amides is 2. The van der Waals surface area contributed by atoms with Gasteiger partial charge in [0.15, 0.2) is 0 Å². The Morgan fingerprint density at radius 3 is 2.47 bits per heavy atom. The molecule has 0 aromatic heterocycles. The number of nitrogens with one attached hydrogen (secondary N) is 2. The third kappa shape index (κ3) is 4.86. The molecule has 4 nitrogen and oxygen atoms in total. The minimum Gasteiger partial charge on any atom is -0.356 e. The van der Waals surface area contributed by atoms with Crippen LogP contribution in [0, 0.1) is 0 Å².